The van der Waals surface area contributed by atoms with Crippen molar-refractivity contribution in [2.24, 2.45) is 0 Å². The van der Waals surface area contributed by atoms with E-state index >= 15 is 0 Å². The Morgan fingerprint density at radius 3 is 2.95 bits per heavy atom. The Balaban J connectivity index is 1.77. The van der Waals surface area contributed by atoms with Crippen LogP contribution in [0.4, 0.5) is 0 Å². The number of aromatic nitrogens is 2. The van der Waals surface area contributed by atoms with Gasteiger partial charge in [-0.1, -0.05) is 6.07 Å². The van der Waals surface area contributed by atoms with Gasteiger partial charge in [0, 0.05) is 4.88 Å². The van der Waals surface area contributed by atoms with Gasteiger partial charge in [-0.2, -0.15) is 0 Å². The van der Waals surface area contributed by atoms with Gasteiger partial charge >= 0.3 is 0 Å². The van der Waals surface area contributed by atoms with E-state index in [1.165, 1.54) is 0 Å². The van der Waals surface area contributed by atoms with Crippen molar-refractivity contribution >= 4 is 21.6 Å². The lowest BCUT2D eigenvalue weighted by atomic mass is 10.2. The lowest BCUT2D eigenvalue weighted by molar-refractivity contribution is 0.174. The van der Waals surface area contributed by atoms with Crippen LogP contribution in [0.25, 0.3) is 10.2 Å². The molecular weight excluding hydrogens is 300 g/mol. The number of hydrogen-bond donors (Lipinski definition) is 0. The molecule has 1 aliphatic rings. The summed E-state index contributed by atoms with van der Waals surface area (Å²) in [5.74, 6) is 1.47. The third kappa shape index (κ3) is 1.99. The zero-order valence-electron chi connectivity index (χ0n) is 12.3. The standard InChI is InChI=1S/C16H14N2O3S/c1-9-10(2)22-15-14(9)16(19)18(7-17-15)6-11-3-4-12-13(5-11)21-8-20-12/h3-5,7H,6,8H2,1-2H3. The molecule has 0 saturated carbocycles. The van der Waals surface area contributed by atoms with Gasteiger partial charge < -0.3 is 9.47 Å². The number of fused-ring (bicyclic) bond motifs is 2. The van der Waals surface area contributed by atoms with Crippen LogP contribution in [-0.4, -0.2) is 16.3 Å². The van der Waals surface area contributed by atoms with Crippen molar-refractivity contribution in [1.29, 1.82) is 0 Å². The summed E-state index contributed by atoms with van der Waals surface area (Å²) < 4.78 is 12.3. The zero-order valence-corrected chi connectivity index (χ0v) is 13.1. The summed E-state index contributed by atoms with van der Waals surface area (Å²) in [7, 11) is 0. The van der Waals surface area contributed by atoms with Crippen LogP contribution in [0.15, 0.2) is 29.3 Å². The average molecular weight is 314 g/mol. The fraction of sp³-hybridized carbons (Fsp3) is 0.250. The van der Waals surface area contributed by atoms with Crippen molar-refractivity contribution < 1.29 is 9.47 Å². The van der Waals surface area contributed by atoms with Crippen molar-refractivity contribution in [3.63, 3.8) is 0 Å². The van der Waals surface area contributed by atoms with Crippen molar-refractivity contribution in [1.82, 2.24) is 9.55 Å². The first-order valence-electron chi connectivity index (χ1n) is 6.97. The quantitative estimate of drug-likeness (QED) is 0.730. The molecule has 3 aromatic rings. The van der Waals surface area contributed by atoms with Crippen LogP contribution in [0.5, 0.6) is 11.5 Å². The maximum absolute atomic E-state index is 12.7. The maximum Gasteiger partial charge on any atom is 0.262 e. The highest BCUT2D eigenvalue weighted by Gasteiger charge is 2.15. The van der Waals surface area contributed by atoms with Gasteiger partial charge in [0.25, 0.3) is 5.56 Å². The Bertz CT molecular complexity index is 942. The van der Waals surface area contributed by atoms with E-state index in [1.54, 1.807) is 22.2 Å². The number of rotatable bonds is 2. The molecule has 0 saturated heterocycles. The molecule has 0 aliphatic carbocycles. The summed E-state index contributed by atoms with van der Waals surface area (Å²) in [6.45, 7) is 4.71. The number of ether oxygens (including phenoxy) is 2. The van der Waals surface area contributed by atoms with Crippen LogP contribution < -0.4 is 15.0 Å². The molecule has 0 bridgehead atoms. The summed E-state index contributed by atoms with van der Waals surface area (Å²) in [5.41, 5.74) is 2.01. The van der Waals surface area contributed by atoms with Crippen LogP contribution in [0.3, 0.4) is 0 Å². The highest BCUT2D eigenvalue weighted by molar-refractivity contribution is 7.18. The summed E-state index contributed by atoms with van der Waals surface area (Å²) in [4.78, 5) is 19.0. The van der Waals surface area contributed by atoms with E-state index in [-0.39, 0.29) is 12.4 Å². The molecule has 5 nitrogen and oxygen atoms in total. The van der Waals surface area contributed by atoms with Gasteiger partial charge in [0.2, 0.25) is 6.79 Å². The van der Waals surface area contributed by atoms with E-state index in [4.69, 9.17) is 9.47 Å². The van der Waals surface area contributed by atoms with Crippen LogP contribution >= 0.6 is 11.3 Å². The molecule has 6 heteroatoms. The van der Waals surface area contributed by atoms with Crippen LogP contribution in [0, 0.1) is 13.8 Å². The molecule has 0 radical (unpaired) electrons. The molecule has 2 aromatic heterocycles. The smallest absolute Gasteiger partial charge is 0.262 e. The predicted octanol–water partition coefficient (Wildman–Crippen LogP) is 2.85. The first kappa shape index (κ1) is 13.3. The van der Waals surface area contributed by atoms with Gasteiger partial charge in [-0.15, -0.1) is 11.3 Å². The Labute approximate surface area is 130 Å². The third-order valence-corrected chi connectivity index (χ3v) is 5.06. The first-order chi connectivity index (χ1) is 10.6. The van der Waals surface area contributed by atoms with E-state index in [1.807, 2.05) is 32.0 Å². The molecule has 0 atom stereocenters. The molecule has 0 spiro atoms. The third-order valence-electron chi connectivity index (χ3n) is 3.95. The number of thiophene rings is 1. The van der Waals surface area contributed by atoms with Crippen molar-refractivity contribution in [3.05, 3.63) is 50.9 Å². The summed E-state index contributed by atoms with van der Waals surface area (Å²) in [6.07, 6.45) is 1.62. The largest absolute Gasteiger partial charge is 0.454 e. The minimum absolute atomic E-state index is 0.00418. The Hall–Kier alpha value is -2.34. The lowest BCUT2D eigenvalue weighted by Gasteiger charge is -2.06. The van der Waals surface area contributed by atoms with E-state index < -0.39 is 0 Å². The van der Waals surface area contributed by atoms with Gasteiger partial charge in [0.05, 0.1) is 18.3 Å². The van der Waals surface area contributed by atoms with E-state index in [0.29, 0.717) is 6.54 Å². The second kappa shape index (κ2) is 4.84. The first-order valence-corrected chi connectivity index (χ1v) is 7.79. The van der Waals surface area contributed by atoms with Crippen molar-refractivity contribution in [2.75, 3.05) is 6.79 Å². The molecule has 0 N–H and O–H groups in total. The minimum Gasteiger partial charge on any atom is -0.454 e. The molecule has 0 unspecified atom stereocenters. The number of hydrogen-bond acceptors (Lipinski definition) is 5. The summed E-state index contributed by atoms with van der Waals surface area (Å²) in [5, 5.41) is 0.728. The Kier molecular flexibility index (Phi) is 2.94. The summed E-state index contributed by atoms with van der Waals surface area (Å²) in [6, 6.07) is 5.72. The van der Waals surface area contributed by atoms with Crippen molar-refractivity contribution in [3.8, 4) is 11.5 Å². The highest BCUT2D eigenvalue weighted by atomic mass is 32.1. The van der Waals surface area contributed by atoms with Crippen LogP contribution in [0.2, 0.25) is 0 Å². The zero-order chi connectivity index (χ0) is 15.3. The molecule has 0 amide bonds. The van der Waals surface area contributed by atoms with Gasteiger partial charge in [-0.3, -0.25) is 9.36 Å². The molecule has 1 aliphatic heterocycles. The molecule has 22 heavy (non-hydrogen) atoms. The Morgan fingerprint density at radius 1 is 1.27 bits per heavy atom. The van der Waals surface area contributed by atoms with Gasteiger partial charge in [0.1, 0.15) is 4.83 Å². The molecule has 3 heterocycles. The molecule has 112 valence electrons. The van der Waals surface area contributed by atoms with Crippen LogP contribution in [0.1, 0.15) is 16.0 Å². The maximum atomic E-state index is 12.7. The molecular formula is C16H14N2O3S. The molecule has 1 aromatic carbocycles. The number of nitrogens with zero attached hydrogens (tertiary/aromatic N) is 2. The molecule has 4 rings (SSSR count). The highest BCUT2D eigenvalue weighted by Crippen LogP contribution is 2.32. The minimum atomic E-state index is 0.00418. The second-order valence-electron chi connectivity index (χ2n) is 5.33. The monoisotopic (exact) mass is 314 g/mol. The van der Waals surface area contributed by atoms with E-state index in [9.17, 15) is 4.79 Å². The van der Waals surface area contributed by atoms with Crippen LogP contribution in [-0.2, 0) is 6.54 Å². The fourth-order valence-corrected chi connectivity index (χ4v) is 3.61. The normalized spacial score (nSPS) is 13.0. The van der Waals surface area contributed by atoms with Gasteiger partial charge in [0.15, 0.2) is 11.5 Å². The van der Waals surface area contributed by atoms with E-state index in [0.717, 1.165) is 37.7 Å². The van der Waals surface area contributed by atoms with Gasteiger partial charge in [-0.05, 0) is 37.1 Å². The average Bonchev–Trinajstić information content (AvgIpc) is 3.07. The topological polar surface area (TPSA) is 53.4 Å². The van der Waals surface area contributed by atoms with Gasteiger partial charge in [-0.25, -0.2) is 4.98 Å². The number of aryl methyl sites for hydroxylation is 2. The SMILES string of the molecule is Cc1sc2ncn(Cc3ccc4c(c3)OCO4)c(=O)c2c1C. The second-order valence-corrected chi connectivity index (χ2v) is 6.53. The van der Waals surface area contributed by atoms with Crippen molar-refractivity contribution in [2.45, 2.75) is 20.4 Å². The van der Waals surface area contributed by atoms with E-state index in [2.05, 4.69) is 4.98 Å². The molecule has 0 fully saturated rings. The Morgan fingerprint density at radius 2 is 2.09 bits per heavy atom. The summed E-state index contributed by atoms with van der Waals surface area (Å²) >= 11 is 1.56. The lowest BCUT2D eigenvalue weighted by Crippen LogP contribution is -2.21. The predicted molar refractivity (Wildman–Crippen MR) is 85.0 cm³/mol. The number of benzene rings is 1. The fourth-order valence-electron chi connectivity index (χ4n) is 2.62.